The molecule has 0 spiro atoms. The molecular formula is C10H12NS3+. The summed E-state index contributed by atoms with van der Waals surface area (Å²) in [4.78, 5) is 1.43. The fraction of sp³-hybridized carbons (Fsp3) is 0.200. The maximum atomic E-state index is 2.25. The van der Waals surface area contributed by atoms with E-state index in [1.54, 1.807) is 23.9 Å². The lowest BCUT2D eigenvalue weighted by molar-refractivity contribution is 1.44. The van der Waals surface area contributed by atoms with Crippen LogP contribution in [0.2, 0.25) is 0 Å². The van der Waals surface area contributed by atoms with E-state index in [1.165, 1.54) is 10.6 Å². The van der Waals surface area contributed by atoms with E-state index in [1.807, 2.05) is 0 Å². The summed E-state index contributed by atoms with van der Waals surface area (Å²) in [5.74, 6) is 0. The molecule has 1 aromatic rings. The molecule has 0 unspecified atom stereocenters. The Balaban J connectivity index is 2.13. The van der Waals surface area contributed by atoms with Crippen LogP contribution in [0.15, 0.2) is 40.0 Å². The Morgan fingerprint density at radius 3 is 2.07 bits per heavy atom. The molecule has 1 aromatic carbocycles. The highest BCUT2D eigenvalue weighted by molar-refractivity contribution is 8.23. The van der Waals surface area contributed by atoms with Crippen LogP contribution in [0.4, 0.5) is 5.69 Å². The van der Waals surface area contributed by atoms with Gasteiger partial charge in [-0.3, -0.25) is 3.71 Å². The summed E-state index contributed by atoms with van der Waals surface area (Å²) < 4.78 is 2.20. The van der Waals surface area contributed by atoms with Crippen LogP contribution < -0.4 is 3.71 Å². The zero-order valence-corrected chi connectivity index (χ0v) is 10.6. The minimum absolute atomic E-state index is 0.364. The van der Waals surface area contributed by atoms with Crippen molar-refractivity contribution in [2.24, 2.45) is 0 Å². The topological polar surface area (TPSA) is 3.24 Å². The molecule has 0 radical (unpaired) electrons. The van der Waals surface area contributed by atoms with E-state index in [-0.39, 0.29) is 0 Å². The van der Waals surface area contributed by atoms with Crippen LogP contribution in [0.1, 0.15) is 0 Å². The van der Waals surface area contributed by atoms with Crippen LogP contribution in [0.25, 0.3) is 0 Å². The van der Waals surface area contributed by atoms with Gasteiger partial charge in [-0.1, -0.05) is 0 Å². The molecule has 1 aliphatic heterocycles. The van der Waals surface area contributed by atoms with Crippen molar-refractivity contribution in [3.05, 3.63) is 35.1 Å². The molecule has 0 saturated carbocycles. The van der Waals surface area contributed by atoms with Crippen molar-refractivity contribution in [1.82, 2.24) is 0 Å². The number of benzene rings is 1. The molecule has 0 N–H and O–H groups in total. The first kappa shape index (κ1) is 10.3. The highest BCUT2D eigenvalue weighted by Crippen LogP contribution is 2.37. The largest absolute Gasteiger partial charge is 0.250 e. The SMILES string of the molecule is C[S+](C)c1ccc(N2SC=CS2)cc1. The number of hydrogen-bond donors (Lipinski definition) is 0. The van der Waals surface area contributed by atoms with Gasteiger partial charge >= 0.3 is 0 Å². The van der Waals surface area contributed by atoms with Gasteiger partial charge in [-0.15, -0.1) is 0 Å². The first-order chi connectivity index (χ1) is 6.77. The Labute approximate surface area is 96.6 Å². The minimum atomic E-state index is 0.364. The van der Waals surface area contributed by atoms with Crippen LogP contribution in [-0.4, -0.2) is 12.5 Å². The van der Waals surface area contributed by atoms with E-state index in [2.05, 4.69) is 51.3 Å². The third-order valence-electron chi connectivity index (χ3n) is 1.89. The Morgan fingerprint density at radius 2 is 1.57 bits per heavy atom. The van der Waals surface area contributed by atoms with Gasteiger partial charge in [0, 0.05) is 21.7 Å². The van der Waals surface area contributed by atoms with Crippen molar-refractivity contribution >= 4 is 40.5 Å². The predicted molar refractivity (Wildman–Crippen MR) is 70.7 cm³/mol. The molecular weight excluding hydrogens is 230 g/mol. The van der Waals surface area contributed by atoms with Gasteiger partial charge in [-0.2, -0.15) is 0 Å². The fourth-order valence-electron chi connectivity index (χ4n) is 1.15. The van der Waals surface area contributed by atoms with Crippen LogP contribution in [0.3, 0.4) is 0 Å². The Kier molecular flexibility index (Phi) is 3.36. The van der Waals surface area contributed by atoms with Gasteiger partial charge in [0.15, 0.2) is 4.90 Å². The number of anilines is 1. The van der Waals surface area contributed by atoms with Crippen molar-refractivity contribution < 1.29 is 0 Å². The molecule has 0 aromatic heterocycles. The van der Waals surface area contributed by atoms with Crippen LogP contribution in [0.5, 0.6) is 0 Å². The van der Waals surface area contributed by atoms with Crippen LogP contribution >= 0.6 is 23.9 Å². The molecule has 1 heterocycles. The zero-order chi connectivity index (χ0) is 9.97. The molecule has 0 bridgehead atoms. The van der Waals surface area contributed by atoms with E-state index >= 15 is 0 Å². The van der Waals surface area contributed by atoms with Crippen LogP contribution in [-0.2, 0) is 10.9 Å². The first-order valence-corrected chi connectivity index (χ1v) is 7.95. The van der Waals surface area contributed by atoms with Gasteiger partial charge in [0.05, 0.1) is 5.69 Å². The zero-order valence-electron chi connectivity index (χ0n) is 8.14. The summed E-state index contributed by atoms with van der Waals surface area (Å²) >= 11 is 3.46. The Bertz CT molecular complexity index is 324. The number of hydrogen-bond acceptors (Lipinski definition) is 3. The van der Waals surface area contributed by atoms with Crippen molar-refractivity contribution in [3.63, 3.8) is 0 Å². The van der Waals surface area contributed by atoms with Crippen LogP contribution in [0, 0.1) is 0 Å². The van der Waals surface area contributed by atoms with Gasteiger partial charge in [0.2, 0.25) is 0 Å². The second kappa shape index (κ2) is 4.55. The number of rotatable bonds is 2. The molecule has 4 heteroatoms. The summed E-state index contributed by atoms with van der Waals surface area (Å²) in [6.45, 7) is 0. The summed E-state index contributed by atoms with van der Waals surface area (Å²) in [7, 11) is 0.364. The lowest BCUT2D eigenvalue weighted by Crippen LogP contribution is -1.99. The maximum absolute atomic E-state index is 2.25. The minimum Gasteiger partial charge on any atom is -0.250 e. The molecule has 0 saturated heterocycles. The van der Waals surface area contributed by atoms with Crippen molar-refractivity contribution in [2.75, 3.05) is 16.2 Å². The molecule has 0 aliphatic carbocycles. The average Bonchev–Trinajstić information content (AvgIpc) is 2.71. The Hall–Kier alpha value is -0.190. The molecule has 0 amide bonds. The van der Waals surface area contributed by atoms with E-state index < -0.39 is 0 Å². The standard InChI is InChI=1S/C10H12NS3/c1-14(2)10-5-3-9(4-6-10)11-12-7-8-13-11/h3-8H,1-2H3/q+1. The van der Waals surface area contributed by atoms with Gasteiger partial charge in [-0.25, -0.2) is 0 Å². The lowest BCUT2D eigenvalue weighted by Gasteiger charge is -2.13. The Morgan fingerprint density at radius 1 is 1.00 bits per heavy atom. The molecule has 1 aliphatic rings. The van der Waals surface area contributed by atoms with Gasteiger partial charge in [0.1, 0.15) is 12.5 Å². The van der Waals surface area contributed by atoms with E-state index in [9.17, 15) is 0 Å². The molecule has 0 atom stereocenters. The average molecular weight is 242 g/mol. The molecule has 0 fully saturated rings. The molecule has 2 rings (SSSR count). The summed E-state index contributed by atoms with van der Waals surface area (Å²) in [5, 5.41) is 4.20. The first-order valence-electron chi connectivity index (χ1n) is 4.24. The number of nitrogens with zero attached hydrogens (tertiary/aromatic N) is 1. The maximum Gasteiger partial charge on any atom is 0.154 e. The van der Waals surface area contributed by atoms with Crippen molar-refractivity contribution in [1.29, 1.82) is 0 Å². The van der Waals surface area contributed by atoms with Crippen molar-refractivity contribution in [2.45, 2.75) is 4.90 Å². The summed E-state index contributed by atoms with van der Waals surface area (Å²) in [5.41, 5.74) is 1.26. The monoisotopic (exact) mass is 242 g/mol. The van der Waals surface area contributed by atoms with Crippen molar-refractivity contribution in [3.8, 4) is 0 Å². The van der Waals surface area contributed by atoms with E-state index in [4.69, 9.17) is 0 Å². The molecule has 1 nitrogen and oxygen atoms in total. The molecule has 14 heavy (non-hydrogen) atoms. The predicted octanol–water partition coefficient (Wildman–Crippen LogP) is 3.51. The lowest BCUT2D eigenvalue weighted by atomic mass is 10.3. The van der Waals surface area contributed by atoms with E-state index in [0.29, 0.717) is 10.9 Å². The third kappa shape index (κ3) is 2.24. The summed E-state index contributed by atoms with van der Waals surface area (Å²) in [6.07, 6.45) is 4.49. The third-order valence-corrected chi connectivity index (χ3v) is 5.11. The van der Waals surface area contributed by atoms with Gasteiger partial charge in [-0.05, 0) is 48.2 Å². The summed E-state index contributed by atoms with van der Waals surface area (Å²) in [6, 6.07) is 8.82. The quantitative estimate of drug-likeness (QED) is 0.577. The fourth-order valence-corrected chi connectivity index (χ4v) is 3.43. The smallest absolute Gasteiger partial charge is 0.154 e. The second-order valence-electron chi connectivity index (χ2n) is 3.05. The van der Waals surface area contributed by atoms with Gasteiger partial charge in [0.25, 0.3) is 0 Å². The van der Waals surface area contributed by atoms with Gasteiger partial charge < -0.3 is 0 Å². The second-order valence-corrected chi connectivity index (χ2v) is 7.08. The highest BCUT2D eigenvalue weighted by atomic mass is 32.2. The molecule has 74 valence electrons. The normalized spacial score (nSPS) is 15.5. The van der Waals surface area contributed by atoms with E-state index in [0.717, 1.165) is 0 Å². The highest BCUT2D eigenvalue weighted by Gasteiger charge is 2.12.